The molecule has 0 heterocycles. The predicted molar refractivity (Wildman–Crippen MR) is 85.5 cm³/mol. The predicted octanol–water partition coefficient (Wildman–Crippen LogP) is 4.75. The van der Waals surface area contributed by atoms with Crippen molar-refractivity contribution in [3.8, 4) is 5.75 Å². The van der Waals surface area contributed by atoms with Crippen LogP contribution in [0.1, 0.15) is 58.8 Å². The third kappa shape index (κ3) is 9.11. The Kier molecular flexibility index (Phi) is 9.34. The lowest BCUT2D eigenvalue weighted by Gasteiger charge is -2.14. The van der Waals surface area contributed by atoms with Crippen LogP contribution in [0.3, 0.4) is 0 Å². The van der Waals surface area contributed by atoms with Crippen molar-refractivity contribution in [1.82, 2.24) is 0 Å². The maximum Gasteiger partial charge on any atom is 0.305 e. The van der Waals surface area contributed by atoms with Crippen molar-refractivity contribution in [1.29, 1.82) is 0 Å². The monoisotopic (exact) mass is 292 g/mol. The molecule has 1 aliphatic rings. The number of carbonyl (C=O) groups excluding carboxylic acids is 1. The van der Waals surface area contributed by atoms with Gasteiger partial charge in [-0.1, -0.05) is 63.6 Å². The van der Waals surface area contributed by atoms with E-state index in [0.717, 1.165) is 5.75 Å². The third-order valence-electron chi connectivity index (χ3n) is 3.35. The van der Waals surface area contributed by atoms with Crippen LogP contribution in [0.4, 0.5) is 0 Å². The van der Waals surface area contributed by atoms with Crippen LogP contribution >= 0.6 is 0 Å². The number of ether oxygens (including phenoxy) is 2. The number of esters is 1. The lowest BCUT2D eigenvalue weighted by Crippen LogP contribution is -2.21. The van der Waals surface area contributed by atoms with E-state index in [4.69, 9.17) is 9.47 Å². The molecule has 1 aliphatic carbocycles. The molecule has 1 aromatic carbocycles. The van der Waals surface area contributed by atoms with E-state index in [-0.39, 0.29) is 12.1 Å². The molecule has 0 aliphatic heterocycles. The first-order valence-corrected chi connectivity index (χ1v) is 8.09. The lowest BCUT2D eigenvalue weighted by molar-refractivity contribution is -0.145. The zero-order valence-electron chi connectivity index (χ0n) is 13.3. The van der Waals surface area contributed by atoms with Gasteiger partial charge in [0.1, 0.15) is 18.5 Å². The Bertz CT molecular complexity index is 360. The Morgan fingerprint density at radius 3 is 2.05 bits per heavy atom. The van der Waals surface area contributed by atoms with Gasteiger partial charge in [-0.3, -0.25) is 4.79 Å². The van der Waals surface area contributed by atoms with Gasteiger partial charge >= 0.3 is 5.97 Å². The van der Waals surface area contributed by atoms with Gasteiger partial charge in [0, 0.05) is 6.42 Å². The number of hydrogen-bond acceptors (Lipinski definition) is 3. The molecule has 0 spiro atoms. The van der Waals surface area contributed by atoms with Crippen LogP contribution in [0.2, 0.25) is 0 Å². The van der Waals surface area contributed by atoms with Crippen molar-refractivity contribution >= 4 is 5.97 Å². The summed E-state index contributed by atoms with van der Waals surface area (Å²) in [5, 5.41) is 0. The number of hydrogen-bond donors (Lipinski definition) is 0. The molecule has 0 N–H and O–H groups in total. The van der Waals surface area contributed by atoms with Crippen molar-refractivity contribution in [2.45, 2.75) is 64.9 Å². The minimum atomic E-state index is -0.196. The molecule has 2 rings (SSSR count). The summed E-state index contributed by atoms with van der Waals surface area (Å²) >= 11 is 0. The van der Waals surface area contributed by atoms with E-state index in [2.05, 4.69) is 0 Å². The summed E-state index contributed by atoms with van der Waals surface area (Å²) in [6.45, 7) is 3.93. The fourth-order valence-electron chi connectivity index (χ4n) is 2.14. The molecule has 1 fully saturated rings. The van der Waals surface area contributed by atoms with E-state index in [1.807, 2.05) is 37.3 Å². The summed E-state index contributed by atoms with van der Waals surface area (Å²) in [6.07, 6.45) is 9.28. The first-order chi connectivity index (χ1) is 10.2. The van der Waals surface area contributed by atoms with Gasteiger partial charge in [-0.05, 0) is 19.1 Å². The van der Waals surface area contributed by atoms with Gasteiger partial charge in [-0.15, -0.1) is 0 Å². The van der Waals surface area contributed by atoms with Gasteiger partial charge in [-0.25, -0.2) is 0 Å². The summed E-state index contributed by atoms with van der Waals surface area (Å²) in [5.41, 5.74) is 0. The van der Waals surface area contributed by atoms with Gasteiger partial charge in [0.15, 0.2) is 0 Å². The molecule has 1 saturated carbocycles. The molecule has 1 unspecified atom stereocenters. The SMILES string of the molecule is C1CCCCC1.CCC(=O)OCC(C)Oc1ccccc1. The average molecular weight is 292 g/mol. The Morgan fingerprint density at radius 2 is 1.57 bits per heavy atom. The largest absolute Gasteiger partial charge is 0.487 e. The van der Waals surface area contributed by atoms with Crippen molar-refractivity contribution in [2.24, 2.45) is 0 Å². The van der Waals surface area contributed by atoms with Crippen molar-refractivity contribution in [3.63, 3.8) is 0 Å². The lowest BCUT2D eigenvalue weighted by atomic mass is 10.0. The van der Waals surface area contributed by atoms with E-state index in [1.165, 1.54) is 38.5 Å². The molecule has 3 nitrogen and oxygen atoms in total. The summed E-state index contributed by atoms with van der Waals surface area (Å²) in [5.74, 6) is 0.594. The molecule has 0 bridgehead atoms. The zero-order valence-corrected chi connectivity index (χ0v) is 13.3. The van der Waals surface area contributed by atoms with Crippen LogP contribution in [0.5, 0.6) is 5.75 Å². The quantitative estimate of drug-likeness (QED) is 0.735. The minimum Gasteiger partial charge on any atom is -0.487 e. The molecule has 1 atom stereocenters. The van der Waals surface area contributed by atoms with Crippen molar-refractivity contribution in [2.75, 3.05) is 6.61 Å². The maximum absolute atomic E-state index is 10.9. The van der Waals surface area contributed by atoms with Crippen molar-refractivity contribution < 1.29 is 14.3 Å². The Hall–Kier alpha value is -1.51. The second-order valence-electron chi connectivity index (χ2n) is 5.40. The molecule has 0 saturated heterocycles. The van der Waals surface area contributed by atoms with Gasteiger partial charge < -0.3 is 9.47 Å². The van der Waals surface area contributed by atoms with Gasteiger partial charge in [0.25, 0.3) is 0 Å². The Labute approximate surface area is 128 Å². The fraction of sp³-hybridized carbons (Fsp3) is 0.611. The van der Waals surface area contributed by atoms with Crippen LogP contribution in [0.25, 0.3) is 0 Å². The number of carbonyl (C=O) groups is 1. The summed E-state index contributed by atoms with van der Waals surface area (Å²) < 4.78 is 10.5. The second kappa shape index (κ2) is 11.2. The zero-order chi connectivity index (χ0) is 15.3. The van der Waals surface area contributed by atoms with E-state index in [0.29, 0.717) is 13.0 Å². The van der Waals surface area contributed by atoms with E-state index < -0.39 is 0 Å². The average Bonchev–Trinajstić information content (AvgIpc) is 2.56. The first-order valence-electron chi connectivity index (χ1n) is 8.09. The Balaban J connectivity index is 0.000000304. The molecular formula is C18H28O3. The Morgan fingerprint density at radius 1 is 1.05 bits per heavy atom. The number of benzene rings is 1. The molecule has 3 heteroatoms. The number of rotatable bonds is 5. The first kappa shape index (κ1) is 17.5. The molecule has 0 aromatic heterocycles. The van der Waals surface area contributed by atoms with E-state index in [9.17, 15) is 4.79 Å². The highest BCUT2D eigenvalue weighted by Gasteiger charge is 2.06. The highest BCUT2D eigenvalue weighted by atomic mass is 16.6. The number of para-hydroxylation sites is 1. The smallest absolute Gasteiger partial charge is 0.305 e. The van der Waals surface area contributed by atoms with Crippen LogP contribution in [0, 0.1) is 0 Å². The van der Waals surface area contributed by atoms with E-state index in [1.54, 1.807) is 6.92 Å². The minimum absolute atomic E-state index is 0.122. The molecule has 21 heavy (non-hydrogen) atoms. The summed E-state index contributed by atoms with van der Waals surface area (Å²) in [6, 6.07) is 9.48. The van der Waals surface area contributed by atoms with Crippen molar-refractivity contribution in [3.05, 3.63) is 30.3 Å². The van der Waals surface area contributed by atoms with Crippen LogP contribution in [-0.2, 0) is 9.53 Å². The molecular weight excluding hydrogens is 264 g/mol. The highest BCUT2D eigenvalue weighted by Crippen LogP contribution is 2.15. The summed E-state index contributed by atoms with van der Waals surface area (Å²) in [4.78, 5) is 10.9. The molecule has 0 amide bonds. The standard InChI is InChI=1S/C12H16O3.C6H12/c1-3-12(13)14-9-10(2)15-11-7-5-4-6-8-11;1-2-4-6-5-3-1/h4-8,10H,3,9H2,1-2H3;1-6H2. The van der Waals surface area contributed by atoms with Crippen LogP contribution in [-0.4, -0.2) is 18.7 Å². The van der Waals surface area contributed by atoms with Gasteiger partial charge in [-0.2, -0.15) is 0 Å². The maximum atomic E-state index is 10.9. The highest BCUT2D eigenvalue weighted by molar-refractivity contribution is 5.68. The third-order valence-corrected chi connectivity index (χ3v) is 3.35. The molecule has 0 radical (unpaired) electrons. The topological polar surface area (TPSA) is 35.5 Å². The van der Waals surface area contributed by atoms with E-state index >= 15 is 0 Å². The molecule has 118 valence electrons. The molecule has 1 aromatic rings. The van der Waals surface area contributed by atoms with Crippen LogP contribution < -0.4 is 4.74 Å². The fourth-order valence-corrected chi connectivity index (χ4v) is 2.14. The van der Waals surface area contributed by atoms with Crippen LogP contribution in [0.15, 0.2) is 30.3 Å². The van der Waals surface area contributed by atoms with Gasteiger partial charge in [0.05, 0.1) is 0 Å². The normalized spacial score (nSPS) is 15.3. The second-order valence-corrected chi connectivity index (χ2v) is 5.40. The summed E-state index contributed by atoms with van der Waals surface area (Å²) in [7, 11) is 0. The van der Waals surface area contributed by atoms with Gasteiger partial charge in [0.2, 0.25) is 0 Å².